The third-order valence-corrected chi connectivity index (χ3v) is 2.80. The van der Waals surface area contributed by atoms with Crippen LogP contribution in [0.25, 0.3) is 0 Å². The maximum atomic E-state index is 11.8. The van der Waals surface area contributed by atoms with Gasteiger partial charge in [0.25, 0.3) is 0 Å². The smallest absolute Gasteiger partial charge is 0.338 e. The summed E-state index contributed by atoms with van der Waals surface area (Å²) in [6, 6.07) is 4.98. The molecule has 2 rings (SSSR count). The number of hydrogen-bond donors (Lipinski definition) is 1. The van der Waals surface area contributed by atoms with Crippen LogP contribution in [0.4, 0.5) is 5.69 Å². The van der Waals surface area contributed by atoms with Gasteiger partial charge in [0.1, 0.15) is 11.9 Å². The number of benzene rings is 1. The Morgan fingerprint density at radius 1 is 1.41 bits per heavy atom. The number of esters is 1. The standard InChI is InChI=1S/C13H17NO3/c1-2-16-12-7-9(6-10(14)8-12)13(15)17-11-4-3-5-11/h6-8,11H,2-5,14H2,1H3. The van der Waals surface area contributed by atoms with E-state index in [9.17, 15) is 4.79 Å². The predicted octanol–water partition coefficient (Wildman–Crippen LogP) is 2.38. The predicted molar refractivity (Wildman–Crippen MR) is 65.1 cm³/mol. The molecule has 1 fully saturated rings. The van der Waals surface area contributed by atoms with Gasteiger partial charge in [0.2, 0.25) is 0 Å². The van der Waals surface area contributed by atoms with E-state index in [2.05, 4.69) is 0 Å². The minimum Gasteiger partial charge on any atom is -0.494 e. The summed E-state index contributed by atoms with van der Waals surface area (Å²) < 4.78 is 10.6. The Morgan fingerprint density at radius 2 is 2.18 bits per heavy atom. The first-order chi connectivity index (χ1) is 8.19. The van der Waals surface area contributed by atoms with Crippen molar-refractivity contribution >= 4 is 11.7 Å². The molecule has 1 aromatic rings. The molecule has 17 heavy (non-hydrogen) atoms. The molecule has 0 amide bonds. The highest BCUT2D eigenvalue weighted by Gasteiger charge is 2.22. The molecule has 1 aliphatic carbocycles. The van der Waals surface area contributed by atoms with E-state index < -0.39 is 0 Å². The number of rotatable bonds is 4. The summed E-state index contributed by atoms with van der Waals surface area (Å²) in [5.74, 6) is 0.288. The summed E-state index contributed by atoms with van der Waals surface area (Å²) in [6.07, 6.45) is 3.15. The zero-order valence-corrected chi connectivity index (χ0v) is 9.94. The van der Waals surface area contributed by atoms with Crippen molar-refractivity contribution in [1.82, 2.24) is 0 Å². The second-order valence-electron chi connectivity index (χ2n) is 4.18. The van der Waals surface area contributed by atoms with Crippen LogP contribution in [0, 0.1) is 0 Å². The van der Waals surface area contributed by atoms with Crippen LogP contribution in [0.3, 0.4) is 0 Å². The van der Waals surface area contributed by atoms with Gasteiger partial charge in [0.05, 0.1) is 12.2 Å². The van der Waals surface area contributed by atoms with Gasteiger partial charge in [-0.2, -0.15) is 0 Å². The van der Waals surface area contributed by atoms with Crippen molar-refractivity contribution in [3.8, 4) is 5.75 Å². The second kappa shape index (κ2) is 5.08. The van der Waals surface area contributed by atoms with E-state index in [0.29, 0.717) is 23.6 Å². The molecule has 0 aromatic heterocycles. The molecule has 0 spiro atoms. The lowest BCUT2D eigenvalue weighted by Gasteiger charge is -2.25. The average Bonchev–Trinajstić information content (AvgIpc) is 2.23. The van der Waals surface area contributed by atoms with Gasteiger partial charge in [0, 0.05) is 11.8 Å². The van der Waals surface area contributed by atoms with Crippen LogP contribution in [0.15, 0.2) is 18.2 Å². The Bertz CT molecular complexity index is 413. The number of ether oxygens (including phenoxy) is 2. The van der Waals surface area contributed by atoms with E-state index >= 15 is 0 Å². The lowest BCUT2D eigenvalue weighted by Crippen LogP contribution is -2.25. The van der Waals surface area contributed by atoms with Crippen LogP contribution in [0.2, 0.25) is 0 Å². The van der Waals surface area contributed by atoms with E-state index in [1.165, 1.54) is 0 Å². The van der Waals surface area contributed by atoms with Crippen molar-refractivity contribution in [2.24, 2.45) is 0 Å². The van der Waals surface area contributed by atoms with E-state index in [1.54, 1.807) is 18.2 Å². The van der Waals surface area contributed by atoms with E-state index in [0.717, 1.165) is 19.3 Å². The molecule has 0 aliphatic heterocycles. The molecule has 0 bridgehead atoms. The SMILES string of the molecule is CCOc1cc(N)cc(C(=O)OC2CCC2)c1. The van der Waals surface area contributed by atoms with Gasteiger partial charge in [-0.3, -0.25) is 0 Å². The molecule has 1 aliphatic rings. The van der Waals surface area contributed by atoms with Crippen LogP contribution in [-0.4, -0.2) is 18.7 Å². The lowest BCUT2D eigenvalue weighted by atomic mass is 9.96. The molecule has 92 valence electrons. The monoisotopic (exact) mass is 235 g/mol. The van der Waals surface area contributed by atoms with Gasteiger partial charge in [0.15, 0.2) is 0 Å². The minimum atomic E-state index is -0.317. The van der Waals surface area contributed by atoms with E-state index in [1.807, 2.05) is 6.92 Å². The van der Waals surface area contributed by atoms with Crippen LogP contribution >= 0.6 is 0 Å². The molecule has 0 radical (unpaired) electrons. The first kappa shape index (κ1) is 11.8. The van der Waals surface area contributed by atoms with Crippen LogP contribution in [0.5, 0.6) is 5.75 Å². The fraction of sp³-hybridized carbons (Fsp3) is 0.462. The van der Waals surface area contributed by atoms with E-state index in [4.69, 9.17) is 15.2 Å². The van der Waals surface area contributed by atoms with Crippen molar-refractivity contribution in [2.75, 3.05) is 12.3 Å². The van der Waals surface area contributed by atoms with Crippen molar-refractivity contribution in [2.45, 2.75) is 32.3 Å². The third kappa shape index (κ3) is 2.90. The number of nitrogen functional groups attached to an aromatic ring is 1. The number of carbonyl (C=O) groups is 1. The van der Waals surface area contributed by atoms with Gasteiger partial charge in [-0.1, -0.05) is 0 Å². The van der Waals surface area contributed by atoms with Crippen molar-refractivity contribution < 1.29 is 14.3 Å². The Morgan fingerprint density at radius 3 is 2.76 bits per heavy atom. The molecule has 1 saturated carbocycles. The molecule has 4 nitrogen and oxygen atoms in total. The van der Waals surface area contributed by atoms with Gasteiger partial charge in [-0.15, -0.1) is 0 Å². The summed E-state index contributed by atoms with van der Waals surface area (Å²) in [4.78, 5) is 11.8. The number of hydrogen-bond acceptors (Lipinski definition) is 4. The Hall–Kier alpha value is -1.71. The molecule has 1 aromatic carbocycles. The topological polar surface area (TPSA) is 61.5 Å². The normalized spacial score (nSPS) is 15.1. The quantitative estimate of drug-likeness (QED) is 0.643. The van der Waals surface area contributed by atoms with Crippen molar-refractivity contribution in [1.29, 1.82) is 0 Å². The summed E-state index contributed by atoms with van der Waals surface area (Å²) in [6.45, 7) is 2.43. The fourth-order valence-corrected chi connectivity index (χ4v) is 1.70. The maximum Gasteiger partial charge on any atom is 0.338 e. The van der Waals surface area contributed by atoms with Gasteiger partial charge in [-0.25, -0.2) is 4.79 Å². The Balaban J connectivity index is 2.09. The van der Waals surface area contributed by atoms with Gasteiger partial charge >= 0.3 is 5.97 Å². The molecule has 0 saturated heterocycles. The van der Waals surface area contributed by atoms with Gasteiger partial charge < -0.3 is 15.2 Å². The van der Waals surface area contributed by atoms with Crippen molar-refractivity contribution in [3.63, 3.8) is 0 Å². The molecular weight excluding hydrogens is 218 g/mol. The highest BCUT2D eigenvalue weighted by molar-refractivity contribution is 5.91. The molecule has 4 heteroatoms. The first-order valence-corrected chi connectivity index (χ1v) is 5.93. The highest BCUT2D eigenvalue weighted by Crippen LogP contribution is 2.25. The summed E-state index contributed by atoms with van der Waals surface area (Å²) in [5, 5.41) is 0. The average molecular weight is 235 g/mol. The first-order valence-electron chi connectivity index (χ1n) is 5.93. The fourth-order valence-electron chi connectivity index (χ4n) is 1.70. The van der Waals surface area contributed by atoms with Crippen LogP contribution in [-0.2, 0) is 4.74 Å². The molecule has 2 N–H and O–H groups in total. The number of nitrogens with two attached hydrogens (primary N) is 1. The summed E-state index contributed by atoms with van der Waals surface area (Å²) in [7, 11) is 0. The van der Waals surface area contributed by atoms with Gasteiger partial charge in [-0.05, 0) is 38.3 Å². The zero-order chi connectivity index (χ0) is 12.3. The molecule has 0 unspecified atom stereocenters. The Labute approximate surface area is 101 Å². The highest BCUT2D eigenvalue weighted by atomic mass is 16.5. The summed E-state index contributed by atoms with van der Waals surface area (Å²) >= 11 is 0. The molecule has 0 heterocycles. The van der Waals surface area contributed by atoms with E-state index in [-0.39, 0.29) is 12.1 Å². The molecule has 0 atom stereocenters. The number of carbonyl (C=O) groups excluding carboxylic acids is 1. The lowest BCUT2D eigenvalue weighted by molar-refractivity contribution is 0.00897. The third-order valence-electron chi connectivity index (χ3n) is 2.80. The number of anilines is 1. The largest absolute Gasteiger partial charge is 0.494 e. The van der Waals surface area contributed by atoms with Crippen molar-refractivity contribution in [3.05, 3.63) is 23.8 Å². The second-order valence-corrected chi connectivity index (χ2v) is 4.18. The van der Waals surface area contributed by atoms with Crippen LogP contribution < -0.4 is 10.5 Å². The molecular formula is C13H17NO3. The maximum absolute atomic E-state index is 11.8. The summed E-state index contributed by atoms with van der Waals surface area (Å²) in [5.41, 5.74) is 6.69. The Kier molecular flexibility index (Phi) is 3.52. The zero-order valence-electron chi connectivity index (χ0n) is 9.94. The minimum absolute atomic E-state index is 0.0828. The van der Waals surface area contributed by atoms with Crippen LogP contribution in [0.1, 0.15) is 36.5 Å².